The van der Waals surface area contributed by atoms with Crippen LogP contribution in [-0.2, 0) is 24.3 Å². The van der Waals surface area contributed by atoms with Crippen LogP contribution in [-0.4, -0.2) is 146 Å². The number of amides is 1. The number of aromatic amines is 1. The molecule has 0 bridgehead atoms. The Morgan fingerprint density at radius 1 is 0.973 bits per heavy atom. The molecule has 7 aromatic rings. The zero-order valence-corrected chi connectivity index (χ0v) is 44.2. The Kier molecular flexibility index (Phi) is 13.2. The molecule has 5 aliphatic heterocycles. The number of likely N-dealkylation sites (tertiary alicyclic amines) is 1. The van der Waals surface area contributed by atoms with E-state index >= 15 is 4.79 Å². The van der Waals surface area contributed by atoms with Crippen molar-refractivity contribution in [2.75, 3.05) is 92.2 Å². The van der Waals surface area contributed by atoms with E-state index in [-0.39, 0.29) is 31.5 Å². The number of nitriles is 1. The number of anilines is 4. The lowest BCUT2D eigenvalue weighted by Crippen LogP contribution is -2.56. The number of hydrogen-bond donors (Lipinski definition) is 2. The Balaban J connectivity index is 0.834. The Bertz CT molecular complexity index is 3320. The number of imidazole rings is 1. The number of aromatic nitrogens is 8. The van der Waals surface area contributed by atoms with E-state index in [4.69, 9.17) is 46.4 Å². The molecule has 5 aliphatic rings. The average molecular weight is 1080 g/mol. The van der Waals surface area contributed by atoms with Crippen molar-refractivity contribution < 1.29 is 9.53 Å². The molecule has 4 aromatic heterocycles. The fraction of sp³-hybridized carbons (Fsp3) is 0.444. The van der Waals surface area contributed by atoms with Crippen LogP contribution >= 0.6 is 27.5 Å². The number of nitrogens with one attached hydrogen (secondary N) is 2. The van der Waals surface area contributed by atoms with E-state index in [1.165, 1.54) is 0 Å². The Morgan fingerprint density at radius 2 is 1.85 bits per heavy atom. The van der Waals surface area contributed by atoms with Crippen molar-refractivity contribution in [2.24, 2.45) is 5.92 Å². The van der Waals surface area contributed by atoms with Gasteiger partial charge in [0, 0.05) is 73.6 Å². The van der Waals surface area contributed by atoms with Gasteiger partial charge in [-0.05, 0) is 116 Å². The zero-order chi connectivity index (χ0) is 50.6. The normalized spacial score (nSPS) is 21.1. The van der Waals surface area contributed by atoms with E-state index < -0.39 is 6.04 Å². The molecule has 0 spiro atoms. The summed E-state index contributed by atoms with van der Waals surface area (Å²) in [6, 6.07) is 21.4. The molecule has 18 nitrogen and oxygen atoms in total. The maximum absolute atomic E-state index is 15.0. The summed E-state index contributed by atoms with van der Waals surface area (Å²) < 4.78 is 8.94. The molecular weight excluding hydrogens is 1020 g/mol. The number of halogens is 2. The predicted molar refractivity (Wildman–Crippen MR) is 291 cm³/mol. The maximum atomic E-state index is 15.0. The lowest BCUT2D eigenvalue weighted by molar-refractivity contribution is -0.129. The lowest BCUT2D eigenvalue weighted by atomic mass is 9.94. The highest BCUT2D eigenvalue weighted by atomic mass is 79.9. The van der Waals surface area contributed by atoms with Crippen molar-refractivity contribution in [3.8, 4) is 12.1 Å². The number of piperidine rings is 1. The summed E-state index contributed by atoms with van der Waals surface area (Å²) in [6.07, 6.45) is 7.05. The number of aryl methyl sites for hydroxylation is 1. The molecule has 0 unspecified atom stereocenters. The largest absolute Gasteiger partial charge is 0.462 e. The van der Waals surface area contributed by atoms with Crippen LogP contribution in [0.2, 0.25) is 5.02 Å². The Labute approximate surface area is 443 Å². The molecule has 0 saturated carbocycles. The molecule has 382 valence electrons. The summed E-state index contributed by atoms with van der Waals surface area (Å²) in [4.78, 5) is 57.1. The van der Waals surface area contributed by atoms with Crippen molar-refractivity contribution in [3.05, 3.63) is 105 Å². The lowest BCUT2D eigenvalue weighted by Gasteiger charge is -2.43. The topological polar surface area (TPSA) is 179 Å². The van der Waals surface area contributed by atoms with Crippen molar-refractivity contribution in [3.63, 3.8) is 0 Å². The molecule has 4 atom stereocenters. The van der Waals surface area contributed by atoms with Gasteiger partial charge in [-0.1, -0.05) is 48.5 Å². The number of H-pyrrole nitrogens is 1. The molecule has 4 fully saturated rings. The number of benzene rings is 3. The number of likely N-dealkylation sites (N-methyl/N-ethyl adjacent to an activating group) is 1. The highest BCUT2D eigenvalue weighted by Crippen LogP contribution is 2.38. The predicted octanol–water partition coefficient (Wildman–Crippen LogP) is 7.09. The first-order valence-electron chi connectivity index (χ1n) is 25.9. The molecule has 9 heterocycles. The second-order valence-electron chi connectivity index (χ2n) is 20.7. The van der Waals surface area contributed by atoms with Gasteiger partial charge in [-0.2, -0.15) is 34.8 Å². The van der Waals surface area contributed by atoms with Gasteiger partial charge in [0.2, 0.25) is 11.9 Å². The first-order chi connectivity index (χ1) is 36.0. The van der Waals surface area contributed by atoms with Crippen molar-refractivity contribution in [2.45, 2.75) is 76.7 Å². The third-order valence-corrected chi connectivity index (χ3v) is 16.7. The third-order valence-electron chi connectivity index (χ3n) is 15.8. The third kappa shape index (κ3) is 9.34. The number of piperazine rings is 1. The van der Waals surface area contributed by atoms with Gasteiger partial charge in [-0.25, -0.2) is 4.98 Å². The minimum atomic E-state index is -0.447. The van der Waals surface area contributed by atoms with Gasteiger partial charge in [-0.3, -0.25) is 4.79 Å². The fourth-order valence-corrected chi connectivity index (χ4v) is 12.6. The van der Waals surface area contributed by atoms with E-state index in [0.717, 1.165) is 113 Å². The van der Waals surface area contributed by atoms with E-state index in [0.29, 0.717) is 91.1 Å². The molecule has 12 rings (SSSR count). The van der Waals surface area contributed by atoms with Gasteiger partial charge in [0.25, 0.3) is 5.91 Å². The smallest absolute Gasteiger partial charge is 0.318 e. The molecule has 74 heavy (non-hydrogen) atoms. The van der Waals surface area contributed by atoms with Crippen LogP contribution in [0.1, 0.15) is 54.7 Å². The van der Waals surface area contributed by atoms with Gasteiger partial charge < -0.3 is 44.4 Å². The summed E-state index contributed by atoms with van der Waals surface area (Å²) in [5.74, 6) is 2.90. The first-order valence-corrected chi connectivity index (χ1v) is 27.1. The number of rotatable bonds is 13. The quantitative estimate of drug-likeness (QED) is 0.112. The monoisotopic (exact) mass is 1080 g/mol. The summed E-state index contributed by atoms with van der Waals surface area (Å²) in [5.41, 5.74) is 6.87. The molecule has 0 radical (unpaired) electrons. The summed E-state index contributed by atoms with van der Waals surface area (Å²) in [7, 11) is 2.14. The second-order valence-corrected chi connectivity index (χ2v) is 21.9. The minimum Gasteiger partial charge on any atom is -0.462 e. The number of carbonyl (C=O) groups excluding carboxylic acids is 1. The number of fused-ring (bicyclic) bond motifs is 5. The highest BCUT2D eigenvalue weighted by Gasteiger charge is 2.38. The van der Waals surface area contributed by atoms with E-state index in [2.05, 4.69) is 103 Å². The van der Waals surface area contributed by atoms with Crippen LogP contribution in [0.5, 0.6) is 6.01 Å². The number of hydrogen-bond acceptors (Lipinski definition) is 15. The van der Waals surface area contributed by atoms with Crippen LogP contribution in [0, 0.1) is 24.2 Å². The van der Waals surface area contributed by atoms with Crippen molar-refractivity contribution in [1.82, 2.24) is 54.6 Å². The van der Waals surface area contributed by atoms with Crippen LogP contribution in [0.4, 0.5) is 23.4 Å². The van der Waals surface area contributed by atoms with Gasteiger partial charge >= 0.3 is 6.01 Å². The molecule has 2 N–H and O–H groups in total. The zero-order valence-electron chi connectivity index (χ0n) is 41.9. The summed E-state index contributed by atoms with van der Waals surface area (Å²) >= 11 is 10.6. The van der Waals surface area contributed by atoms with Gasteiger partial charge in [0.05, 0.1) is 70.6 Å². The van der Waals surface area contributed by atoms with Crippen LogP contribution in [0.25, 0.3) is 27.5 Å². The maximum Gasteiger partial charge on any atom is 0.318 e. The molecule has 20 heteroatoms. The van der Waals surface area contributed by atoms with Crippen molar-refractivity contribution in [1.29, 1.82) is 5.26 Å². The summed E-state index contributed by atoms with van der Waals surface area (Å²) in [5, 5.41) is 21.6. The van der Waals surface area contributed by atoms with Crippen LogP contribution < -0.4 is 29.7 Å². The SMILES string of the molecule is C=C(CN(Cc1nc2ccc(C)cc2[nH]1)c1nc(N2C[C@@H]3CCCN[C@@H]3C2)nc2c(Br)cnn12)C(=O)N1CCN(c2nc(OC[C@@H]3CCCN3C)nc3c2CCN(c2cccc4cccc(Cl)c24)C3)C[C@@H]1CC#N. The van der Waals surface area contributed by atoms with Crippen LogP contribution in [0.3, 0.4) is 0 Å². The second kappa shape index (κ2) is 20.3. The molecule has 3 aromatic carbocycles. The summed E-state index contributed by atoms with van der Waals surface area (Å²) in [6.45, 7) is 13.6. The van der Waals surface area contributed by atoms with E-state index in [1.807, 2.05) is 34.1 Å². The number of ether oxygens (including phenoxy) is 1. The van der Waals surface area contributed by atoms with Gasteiger partial charge in [0.15, 0.2) is 5.65 Å². The molecule has 1 amide bonds. The van der Waals surface area contributed by atoms with Gasteiger partial charge in [-0.15, -0.1) is 0 Å². The molecular formula is C54H60BrClN16O2. The fourth-order valence-electron chi connectivity index (χ4n) is 11.9. The minimum absolute atomic E-state index is 0.110. The number of carbonyl (C=O) groups is 1. The standard InChI is InChI=1S/C54H60BrClN16O2/c1-33-14-15-42-43(24-33)61-47(60-42)31-70(54-65-52(63-50-40(55)25-59-72(50)54)69-27-36-10-6-19-58-44(36)29-69)26-34(2)51(73)71-23-22-68(28-37(71)16-18-57)49-39-17-21-67(46-13-5-9-35-8-4-12-41(56)48(35)46)30-45(39)62-53(64-49)74-32-38-11-7-20-66(38)3/h4-5,8-9,12-15,24-25,36-38,44,58H,2,6-7,10-11,16-17,19-23,26-32H2,1,3H3,(H,60,61)/t36-,37-,38-,44+/m0/s1. The first kappa shape index (κ1) is 48.4. The Morgan fingerprint density at radius 3 is 2.69 bits per heavy atom. The molecule has 4 saturated heterocycles. The van der Waals surface area contributed by atoms with Crippen LogP contribution in [0.15, 0.2) is 77.4 Å². The van der Waals surface area contributed by atoms with Gasteiger partial charge in [0.1, 0.15) is 18.2 Å². The van der Waals surface area contributed by atoms with E-state index in [1.54, 1.807) is 10.7 Å². The molecule has 0 aliphatic carbocycles. The van der Waals surface area contributed by atoms with E-state index in [9.17, 15) is 5.26 Å². The highest BCUT2D eigenvalue weighted by molar-refractivity contribution is 9.10. The number of nitrogens with zero attached hydrogens (tertiary/aromatic N) is 14. The Hall–Kier alpha value is -6.59. The van der Waals surface area contributed by atoms with Crippen molar-refractivity contribution >= 4 is 84.3 Å². The average Bonchev–Trinajstić information content (AvgIpc) is 4.23.